The van der Waals surface area contributed by atoms with Crippen molar-refractivity contribution >= 4 is 24.4 Å². The first-order valence-electron chi connectivity index (χ1n) is 9.61. The third-order valence-electron chi connectivity index (χ3n) is 5.35. The van der Waals surface area contributed by atoms with E-state index in [1.165, 1.54) is 0 Å². The highest BCUT2D eigenvalue weighted by molar-refractivity contribution is 5.85. The maximum atomic E-state index is 12.5. The minimum Gasteiger partial charge on any atom is -0.445 e. The van der Waals surface area contributed by atoms with Crippen LogP contribution in [0.15, 0.2) is 30.3 Å². The number of hydrogen-bond acceptors (Lipinski definition) is 4. The molecule has 2 aliphatic rings. The number of carbonyl (C=O) groups is 2. The van der Waals surface area contributed by atoms with Crippen LogP contribution in [-0.2, 0) is 16.1 Å². The number of likely N-dealkylation sites (tertiary alicyclic amines) is 2. The molecule has 2 aliphatic heterocycles. The van der Waals surface area contributed by atoms with Crippen LogP contribution in [0.1, 0.15) is 37.7 Å². The average Bonchev–Trinajstić information content (AvgIpc) is 2.67. The van der Waals surface area contributed by atoms with Gasteiger partial charge < -0.3 is 20.3 Å². The van der Waals surface area contributed by atoms with Gasteiger partial charge in [-0.2, -0.15) is 0 Å². The van der Waals surface area contributed by atoms with Gasteiger partial charge in [-0.1, -0.05) is 30.3 Å². The number of ether oxygens (including phenoxy) is 1. The van der Waals surface area contributed by atoms with Crippen LogP contribution in [0.4, 0.5) is 4.79 Å². The zero-order valence-electron chi connectivity index (χ0n) is 15.7. The summed E-state index contributed by atoms with van der Waals surface area (Å²) in [5.41, 5.74) is 6.95. The molecule has 0 radical (unpaired) electrons. The normalized spacial score (nSPS) is 20.7. The van der Waals surface area contributed by atoms with Crippen LogP contribution in [-0.4, -0.2) is 54.0 Å². The Hall–Kier alpha value is -1.79. The molecule has 0 aromatic heterocycles. The van der Waals surface area contributed by atoms with Crippen molar-refractivity contribution < 1.29 is 14.3 Å². The van der Waals surface area contributed by atoms with Gasteiger partial charge in [-0.15, -0.1) is 12.4 Å². The fraction of sp³-hybridized carbons (Fsp3) is 0.600. The van der Waals surface area contributed by atoms with Gasteiger partial charge in [0.1, 0.15) is 6.61 Å². The van der Waals surface area contributed by atoms with Gasteiger partial charge in [0.2, 0.25) is 5.91 Å². The van der Waals surface area contributed by atoms with Crippen LogP contribution in [0.2, 0.25) is 0 Å². The largest absolute Gasteiger partial charge is 0.445 e. The van der Waals surface area contributed by atoms with E-state index in [4.69, 9.17) is 10.5 Å². The predicted molar refractivity (Wildman–Crippen MR) is 107 cm³/mol. The standard InChI is InChI=1S/C20H29N3O3.ClH/c21-18-7-4-10-23(14-18)19(24)13-16-8-11-22(12-9-16)20(25)26-15-17-5-2-1-3-6-17;/h1-3,5-6,16,18H,4,7-15,21H2;1H. The van der Waals surface area contributed by atoms with Gasteiger partial charge in [0, 0.05) is 38.6 Å². The van der Waals surface area contributed by atoms with Crippen molar-refractivity contribution in [2.45, 2.75) is 44.8 Å². The van der Waals surface area contributed by atoms with Crippen LogP contribution < -0.4 is 5.73 Å². The summed E-state index contributed by atoms with van der Waals surface area (Å²) in [6.45, 7) is 3.13. The number of rotatable bonds is 4. The number of nitrogens with two attached hydrogens (primary N) is 1. The van der Waals surface area contributed by atoms with Crippen molar-refractivity contribution in [3.05, 3.63) is 35.9 Å². The second-order valence-corrected chi connectivity index (χ2v) is 7.42. The first-order chi connectivity index (χ1) is 12.6. The van der Waals surface area contributed by atoms with Crippen LogP contribution in [0.25, 0.3) is 0 Å². The molecule has 0 bridgehead atoms. The minimum atomic E-state index is -0.263. The summed E-state index contributed by atoms with van der Waals surface area (Å²) in [6.07, 6.45) is 4.02. The molecule has 2 amide bonds. The Morgan fingerprint density at radius 1 is 1.04 bits per heavy atom. The summed E-state index contributed by atoms with van der Waals surface area (Å²) in [7, 11) is 0. The van der Waals surface area contributed by atoms with Gasteiger partial charge in [0.25, 0.3) is 0 Å². The van der Waals surface area contributed by atoms with E-state index in [0.29, 0.717) is 38.6 Å². The molecule has 7 heteroatoms. The molecule has 2 saturated heterocycles. The molecule has 1 aromatic rings. The van der Waals surface area contributed by atoms with Crippen molar-refractivity contribution in [2.75, 3.05) is 26.2 Å². The fourth-order valence-electron chi connectivity index (χ4n) is 3.74. The van der Waals surface area contributed by atoms with Gasteiger partial charge in [0.15, 0.2) is 0 Å². The van der Waals surface area contributed by atoms with Crippen molar-refractivity contribution in [1.82, 2.24) is 9.80 Å². The third kappa shape index (κ3) is 6.40. The molecule has 27 heavy (non-hydrogen) atoms. The molecule has 2 heterocycles. The summed E-state index contributed by atoms with van der Waals surface area (Å²) in [6, 6.07) is 9.81. The summed E-state index contributed by atoms with van der Waals surface area (Å²) in [4.78, 5) is 28.3. The van der Waals surface area contributed by atoms with E-state index in [1.54, 1.807) is 4.90 Å². The molecule has 1 atom stereocenters. The van der Waals surface area contributed by atoms with E-state index >= 15 is 0 Å². The van der Waals surface area contributed by atoms with Gasteiger partial charge in [0.05, 0.1) is 0 Å². The van der Waals surface area contributed by atoms with Gasteiger partial charge in [-0.05, 0) is 37.2 Å². The Morgan fingerprint density at radius 2 is 1.74 bits per heavy atom. The summed E-state index contributed by atoms with van der Waals surface area (Å²) >= 11 is 0. The lowest BCUT2D eigenvalue weighted by molar-refractivity contribution is -0.133. The van der Waals surface area contributed by atoms with Crippen molar-refractivity contribution in [3.63, 3.8) is 0 Å². The molecule has 0 spiro atoms. The molecule has 1 unspecified atom stereocenters. The molecular weight excluding hydrogens is 366 g/mol. The average molecular weight is 396 g/mol. The number of nitrogens with zero attached hydrogens (tertiary/aromatic N) is 2. The zero-order valence-corrected chi connectivity index (χ0v) is 16.5. The van der Waals surface area contributed by atoms with Gasteiger partial charge >= 0.3 is 6.09 Å². The monoisotopic (exact) mass is 395 g/mol. The quantitative estimate of drug-likeness (QED) is 0.850. The SMILES string of the molecule is Cl.NC1CCCN(C(=O)CC2CCN(C(=O)OCc3ccccc3)CC2)C1. The number of benzene rings is 1. The molecule has 3 rings (SSSR count). The molecular formula is C20H30ClN3O3. The lowest BCUT2D eigenvalue weighted by atomic mass is 9.92. The number of piperidine rings is 2. The number of amides is 2. The maximum Gasteiger partial charge on any atom is 0.410 e. The Bertz CT molecular complexity index is 606. The van der Waals surface area contributed by atoms with E-state index in [0.717, 1.165) is 37.8 Å². The van der Waals surface area contributed by atoms with Crippen LogP contribution >= 0.6 is 12.4 Å². The topological polar surface area (TPSA) is 75.9 Å². The van der Waals surface area contributed by atoms with E-state index in [2.05, 4.69) is 0 Å². The highest BCUT2D eigenvalue weighted by Crippen LogP contribution is 2.23. The first-order valence-corrected chi connectivity index (χ1v) is 9.61. The van der Waals surface area contributed by atoms with Crippen LogP contribution in [0.5, 0.6) is 0 Å². The predicted octanol–water partition coefficient (Wildman–Crippen LogP) is 2.80. The smallest absolute Gasteiger partial charge is 0.410 e. The van der Waals surface area contributed by atoms with Crippen molar-refractivity contribution in [2.24, 2.45) is 11.7 Å². The van der Waals surface area contributed by atoms with E-state index in [9.17, 15) is 9.59 Å². The molecule has 0 saturated carbocycles. The Morgan fingerprint density at radius 3 is 2.41 bits per heavy atom. The summed E-state index contributed by atoms with van der Waals surface area (Å²) in [5.74, 6) is 0.559. The zero-order chi connectivity index (χ0) is 18.4. The number of hydrogen-bond donors (Lipinski definition) is 1. The molecule has 2 fully saturated rings. The van der Waals surface area contributed by atoms with E-state index < -0.39 is 0 Å². The second kappa shape index (κ2) is 10.5. The molecule has 0 aliphatic carbocycles. The summed E-state index contributed by atoms with van der Waals surface area (Å²) < 4.78 is 5.39. The van der Waals surface area contributed by atoms with Gasteiger partial charge in [-0.25, -0.2) is 4.79 Å². The lowest BCUT2D eigenvalue weighted by Crippen LogP contribution is -2.46. The molecule has 2 N–H and O–H groups in total. The third-order valence-corrected chi connectivity index (χ3v) is 5.35. The van der Waals surface area contributed by atoms with E-state index in [1.807, 2.05) is 35.2 Å². The molecule has 150 valence electrons. The van der Waals surface area contributed by atoms with Crippen molar-refractivity contribution in [1.29, 1.82) is 0 Å². The Balaban J connectivity index is 0.00000261. The number of halogens is 1. The second-order valence-electron chi connectivity index (χ2n) is 7.42. The van der Waals surface area contributed by atoms with Crippen LogP contribution in [0.3, 0.4) is 0 Å². The molecule has 6 nitrogen and oxygen atoms in total. The highest BCUT2D eigenvalue weighted by Gasteiger charge is 2.28. The van der Waals surface area contributed by atoms with Gasteiger partial charge in [-0.3, -0.25) is 4.79 Å². The summed E-state index contributed by atoms with van der Waals surface area (Å²) in [5, 5.41) is 0. The lowest BCUT2D eigenvalue weighted by Gasteiger charge is -2.34. The van der Waals surface area contributed by atoms with Crippen molar-refractivity contribution in [3.8, 4) is 0 Å². The Kier molecular flexibility index (Phi) is 8.38. The fourth-order valence-corrected chi connectivity index (χ4v) is 3.74. The maximum absolute atomic E-state index is 12.5. The Labute approximate surface area is 167 Å². The molecule has 1 aromatic carbocycles. The number of carbonyl (C=O) groups excluding carboxylic acids is 2. The minimum absolute atomic E-state index is 0. The first kappa shape index (κ1) is 21.5. The van der Waals surface area contributed by atoms with Crippen LogP contribution in [0, 0.1) is 5.92 Å². The van der Waals surface area contributed by atoms with E-state index in [-0.39, 0.29) is 30.4 Å². The highest BCUT2D eigenvalue weighted by atomic mass is 35.5.